The van der Waals surface area contributed by atoms with E-state index in [1.54, 1.807) is 0 Å². The SMILES string of the molecule is CC1(C)OB(c2ccccc2-c2cccc3c2-c2ccccc2[Si]3(c2ccccc2)c2ccccc2)OC1(C)C. The largest absolute Gasteiger partial charge is 0.495 e. The summed E-state index contributed by atoms with van der Waals surface area (Å²) >= 11 is 0. The summed E-state index contributed by atoms with van der Waals surface area (Å²) in [4.78, 5) is 0. The van der Waals surface area contributed by atoms with Gasteiger partial charge in [-0.15, -0.1) is 0 Å². The fraction of sp³-hybridized carbons (Fsp3) is 0.167. The summed E-state index contributed by atoms with van der Waals surface area (Å²) in [5.41, 5.74) is 5.33. The molecule has 0 radical (unpaired) electrons. The Labute approximate surface area is 238 Å². The minimum atomic E-state index is -2.55. The van der Waals surface area contributed by atoms with Crippen molar-refractivity contribution in [1.29, 1.82) is 0 Å². The molecule has 4 heteroatoms. The second-order valence-electron chi connectivity index (χ2n) is 11.9. The third-order valence-corrected chi connectivity index (χ3v) is 14.1. The van der Waals surface area contributed by atoms with Crippen LogP contribution in [0.4, 0.5) is 0 Å². The molecule has 2 heterocycles. The van der Waals surface area contributed by atoms with Crippen LogP contribution in [0, 0.1) is 0 Å². The Morgan fingerprint density at radius 1 is 0.475 bits per heavy atom. The van der Waals surface area contributed by atoms with Gasteiger partial charge in [0.05, 0.1) is 11.2 Å². The van der Waals surface area contributed by atoms with Gasteiger partial charge in [-0.1, -0.05) is 127 Å². The highest BCUT2D eigenvalue weighted by Crippen LogP contribution is 2.39. The van der Waals surface area contributed by atoms with Crippen molar-refractivity contribution in [1.82, 2.24) is 0 Å². The van der Waals surface area contributed by atoms with Crippen LogP contribution in [0.3, 0.4) is 0 Å². The predicted molar refractivity (Wildman–Crippen MR) is 170 cm³/mol. The Kier molecular flexibility index (Phi) is 5.80. The number of hydrogen-bond acceptors (Lipinski definition) is 2. The van der Waals surface area contributed by atoms with Crippen molar-refractivity contribution in [3.05, 3.63) is 127 Å². The van der Waals surface area contributed by atoms with Crippen LogP contribution in [-0.2, 0) is 9.31 Å². The predicted octanol–water partition coefficient (Wildman–Crippen LogP) is 5.01. The lowest BCUT2D eigenvalue weighted by molar-refractivity contribution is 0.00578. The molecule has 0 spiro atoms. The summed E-state index contributed by atoms with van der Waals surface area (Å²) in [7, 11) is -2.98. The Hall–Kier alpha value is -3.70. The molecular weight excluding hydrogens is 503 g/mol. The first kappa shape index (κ1) is 25.3. The molecule has 0 unspecified atom stereocenters. The number of fused-ring (bicyclic) bond motifs is 3. The smallest absolute Gasteiger partial charge is 0.399 e. The Morgan fingerprint density at radius 3 is 1.57 bits per heavy atom. The van der Waals surface area contributed by atoms with E-state index in [-0.39, 0.29) is 0 Å². The van der Waals surface area contributed by atoms with Gasteiger partial charge in [-0.3, -0.25) is 0 Å². The quantitative estimate of drug-likeness (QED) is 0.295. The monoisotopic (exact) mass is 536 g/mol. The van der Waals surface area contributed by atoms with E-state index in [9.17, 15) is 0 Å². The molecule has 7 rings (SSSR count). The van der Waals surface area contributed by atoms with Crippen molar-refractivity contribution in [2.75, 3.05) is 0 Å². The van der Waals surface area contributed by atoms with E-state index in [2.05, 4.69) is 155 Å². The van der Waals surface area contributed by atoms with Crippen LogP contribution in [0.2, 0.25) is 0 Å². The standard InChI is InChI=1S/C36H33BO2Si/c1-35(2)36(3,4)39-37(38-35)31-23-13-11-20-28(31)29-22-15-25-33-34(29)30-21-12-14-24-32(30)40(33,26-16-7-5-8-17-26)27-18-9-6-10-19-27/h5-25H,1-4H3. The maximum Gasteiger partial charge on any atom is 0.495 e. The lowest BCUT2D eigenvalue weighted by atomic mass is 9.73. The minimum Gasteiger partial charge on any atom is -0.399 e. The molecule has 1 saturated heterocycles. The van der Waals surface area contributed by atoms with Crippen molar-refractivity contribution in [3.8, 4) is 22.3 Å². The molecule has 196 valence electrons. The molecule has 0 amide bonds. The van der Waals surface area contributed by atoms with Crippen molar-refractivity contribution in [2.45, 2.75) is 38.9 Å². The molecule has 0 saturated carbocycles. The topological polar surface area (TPSA) is 18.5 Å². The number of rotatable bonds is 4. The average Bonchev–Trinajstić information content (AvgIpc) is 3.41. The molecule has 1 fully saturated rings. The summed E-state index contributed by atoms with van der Waals surface area (Å²) in [6.07, 6.45) is 0. The highest BCUT2D eigenvalue weighted by Gasteiger charge is 2.53. The van der Waals surface area contributed by atoms with Gasteiger partial charge in [-0.2, -0.15) is 0 Å². The molecule has 5 aromatic rings. The van der Waals surface area contributed by atoms with Gasteiger partial charge in [0.2, 0.25) is 0 Å². The highest BCUT2D eigenvalue weighted by atomic mass is 28.3. The Bertz CT molecular complexity index is 1660. The number of benzene rings is 5. The summed E-state index contributed by atoms with van der Waals surface area (Å²) in [6.45, 7) is 8.47. The van der Waals surface area contributed by atoms with Crippen LogP contribution in [0.1, 0.15) is 27.7 Å². The van der Waals surface area contributed by atoms with Crippen molar-refractivity contribution in [2.24, 2.45) is 0 Å². The molecule has 5 aromatic carbocycles. The van der Waals surface area contributed by atoms with E-state index in [1.165, 1.54) is 43.0 Å². The second-order valence-corrected chi connectivity index (χ2v) is 15.7. The highest BCUT2D eigenvalue weighted by molar-refractivity contribution is 7.22. The first-order valence-electron chi connectivity index (χ1n) is 14.1. The molecule has 2 aliphatic rings. The van der Waals surface area contributed by atoms with E-state index in [0.29, 0.717) is 0 Å². The van der Waals surface area contributed by atoms with Crippen LogP contribution in [0.15, 0.2) is 127 Å². The number of hydrogen-bond donors (Lipinski definition) is 0. The zero-order valence-electron chi connectivity index (χ0n) is 23.5. The fourth-order valence-electron chi connectivity index (χ4n) is 6.64. The van der Waals surface area contributed by atoms with E-state index < -0.39 is 26.4 Å². The van der Waals surface area contributed by atoms with Gasteiger partial charge in [0.15, 0.2) is 8.07 Å². The van der Waals surface area contributed by atoms with Crippen molar-refractivity contribution < 1.29 is 9.31 Å². The summed E-state index contributed by atoms with van der Waals surface area (Å²) in [5, 5.41) is 5.70. The van der Waals surface area contributed by atoms with Gasteiger partial charge < -0.3 is 9.31 Å². The van der Waals surface area contributed by atoms with Gasteiger partial charge >= 0.3 is 7.12 Å². The van der Waals surface area contributed by atoms with E-state index in [1.807, 2.05) is 0 Å². The molecule has 2 aliphatic heterocycles. The third kappa shape index (κ3) is 3.56. The molecule has 0 N–H and O–H groups in total. The summed E-state index contributed by atoms with van der Waals surface area (Å²) in [5.74, 6) is 0. The van der Waals surface area contributed by atoms with E-state index >= 15 is 0 Å². The molecule has 40 heavy (non-hydrogen) atoms. The van der Waals surface area contributed by atoms with Crippen LogP contribution >= 0.6 is 0 Å². The van der Waals surface area contributed by atoms with Crippen LogP contribution < -0.4 is 26.2 Å². The first-order valence-corrected chi connectivity index (χ1v) is 16.1. The van der Waals surface area contributed by atoms with Gasteiger partial charge in [0, 0.05) is 0 Å². The molecule has 0 atom stereocenters. The minimum absolute atomic E-state index is 0.404. The lowest BCUT2D eigenvalue weighted by Gasteiger charge is -2.32. The summed E-state index contributed by atoms with van der Waals surface area (Å²) < 4.78 is 13.1. The van der Waals surface area contributed by atoms with Crippen molar-refractivity contribution >= 4 is 41.4 Å². The van der Waals surface area contributed by atoms with E-state index in [0.717, 1.165) is 5.46 Å². The van der Waals surface area contributed by atoms with Crippen molar-refractivity contribution in [3.63, 3.8) is 0 Å². The zero-order valence-corrected chi connectivity index (χ0v) is 24.5. The van der Waals surface area contributed by atoms with Crippen LogP contribution in [-0.4, -0.2) is 26.4 Å². The average molecular weight is 537 g/mol. The van der Waals surface area contributed by atoms with Gasteiger partial charge in [0.25, 0.3) is 0 Å². The Morgan fingerprint density at radius 2 is 0.950 bits per heavy atom. The third-order valence-electron chi connectivity index (χ3n) is 9.24. The van der Waals surface area contributed by atoms with Crippen LogP contribution in [0.25, 0.3) is 22.3 Å². The molecule has 0 aliphatic carbocycles. The summed E-state index contributed by atoms with van der Waals surface area (Å²) in [6, 6.07) is 46.9. The van der Waals surface area contributed by atoms with Crippen LogP contribution in [0.5, 0.6) is 0 Å². The zero-order chi connectivity index (χ0) is 27.5. The molecular formula is C36H33BO2Si. The maximum absolute atomic E-state index is 6.57. The molecule has 0 bridgehead atoms. The van der Waals surface area contributed by atoms with Gasteiger partial charge in [-0.25, -0.2) is 0 Å². The molecule has 2 nitrogen and oxygen atoms in total. The van der Waals surface area contributed by atoms with Gasteiger partial charge in [0.1, 0.15) is 0 Å². The lowest BCUT2D eigenvalue weighted by Crippen LogP contribution is -2.72. The van der Waals surface area contributed by atoms with Gasteiger partial charge in [-0.05, 0) is 76.2 Å². The van der Waals surface area contributed by atoms with E-state index in [4.69, 9.17) is 9.31 Å². The maximum atomic E-state index is 6.57. The molecule has 0 aromatic heterocycles. The normalized spacial score (nSPS) is 17.9. The Balaban J connectivity index is 1.52. The second kappa shape index (κ2) is 9.17. The fourth-order valence-corrected chi connectivity index (χ4v) is 11.8. The first-order chi connectivity index (χ1) is 19.3.